The number of nitrogens with zero attached hydrogens (tertiary/aromatic N) is 2. The van der Waals surface area contributed by atoms with E-state index in [0.29, 0.717) is 5.92 Å². The van der Waals surface area contributed by atoms with Crippen LogP contribution < -0.4 is 0 Å². The van der Waals surface area contributed by atoms with E-state index >= 15 is 0 Å². The van der Waals surface area contributed by atoms with Crippen LogP contribution in [0.15, 0.2) is 53.4 Å². The predicted octanol–water partition coefficient (Wildman–Crippen LogP) is 4.24. The molecule has 0 amide bonds. The maximum absolute atomic E-state index is 13.3. The minimum atomic E-state index is -3.91. The van der Waals surface area contributed by atoms with Gasteiger partial charge in [-0.1, -0.05) is 41.9 Å². The molecule has 0 spiro atoms. The molecule has 2 aromatic carbocycles. The molecule has 1 saturated carbocycles. The third-order valence-corrected chi connectivity index (χ3v) is 6.91. The summed E-state index contributed by atoms with van der Waals surface area (Å²) in [7, 11) is -3.91. The van der Waals surface area contributed by atoms with Gasteiger partial charge in [-0.25, -0.2) is 8.42 Å². The Balaban J connectivity index is 2.01. The smallest absolute Gasteiger partial charge is 0.258 e. The summed E-state index contributed by atoms with van der Waals surface area (Å²) in [5.41, 5.74) is 0.457. The van der Waals surface area contributed by atoms with Crippen molar-refractivity contribution in [1.29, 1.82) is 0 Å². The second kappa shape index (κ2) is 7.34. The lowest BCUT2D eigenvalue weighted by atomic mass is 10.2. The molecule has 0 N–H and O–H groups in total. The molecule has 26 heavy (non-hydrogen) atoms. The highest BCUT2D eigenvalue weighted by Crippen LogP contribution is 2.38. The van der Waals surface area contributed by atoms with Crippen molar-refractivity contribution in [3.8, 4) is 0 Å². The number of nitro groups is 1. The summed E-state index contributed by atoms with van der Waals surface area (Å²) in [6.45, 7) is 2.11. The monoisotopic (exact) mass is 394 g/mol. The van der Waals surface area contributed by atoms with Gasteiger partial charge in [-0.2, -0.15) is 4.31 Å². The Kier molecular flexibility index (Phi) is 5.32. The number of hydrogen-bond donors (Lipinski definition) is 0. The number of sulfonamides is 1. The van der Waals surface area contributed by atoms with Crippen LogP contribution in [-0.2, 0) is 16.6 Å². The molecular weight excluding hydrogens is 376 g/mol. The molecule has 0 saturated heterocycles. The minimum Gasteiger partial charge on any atom is -0.258 e. The van der Waals surface area contributed by atoms with E-state index in [2.05, 4.69) is 0 Å². The van der Waals surface area contributed by atoms with Crippen LogP contribution in [0.1, 0.15) is 25.3 Å². The quantitative estimate of drug-likeness (QED) is 0.519. The molecule has 6 nitrogen and oxygen atoms in total. The highest BCUT2D eigenvalue weighted by atomic mass is 35.5. The second-order valence-electron chi connectivity index (χ2n) is 6.48. The zero-order chi connectivity index (χ0) is 18.9. The number of halogens is 1. The Morgan fingerprint density at radius 3 is 2.46 bits per heavy atom. The van der Waals surface area contributed by atoms with Crippen molar-refractivity contribution < 1.29 is 13.3 Å². The third-order valence-electron chi connectivity index (χ3n) is 4.66. The Bertz CT molecular complexity index is 914. The predicted molar refractivity (Wildman–Crippen MR) is 99.5 cm³/mol. The number of benzene rings is 2. The maximum atomic E-state index is 13.3. The minimum absolute atomic E-state index is 0.0844. The summed E-state index contributed by atoms with van der Waals surface area (Å²) >= 11 is 5.82. The summed E-state index contributed by atoms with van der Waals surface area (Å²) in [5.74, 6) is 0.316. The van der Waals surface area contributed by atoms with Gasteiger partial charge < -0.3 is 0 Å². The van der Waals surface area contributed by atoms with Gasteiger partial charge >= 0.3 is 0 Å². The van der Waals surface area contributed by atoms with Crippen molar-refractivity contribution in [1.82, 2.24) is 4.31 Å². The van der Waals surface area contributed by atoms with E-state index in [1.54, 1.807) is 0 Å². The molecule has 1 aliphatic rings. The van der Waals surface area contributed by atoms with Crippen LogP contribution in [0.4, 0.5) is 5.69 Å². The molecule has 138 valence electrons. The van der Waals surface area contributed by atoms with Crippen LogP contribution in [0.5, 0.6) is 0 Å². The van der Waals surface area contributed by atoms with Crippen molar-refractivity contribution in [2.75, 3.05) is 0 Å². The molecule has 1 aliphatic carbocycles. The van der Waals surface area contributed by atoms with Gasteiger partial charge in [0.2, 0.25) is 10.0 Å². The number of rotatable bonds is 7. The van der Waals surface area contributed by atoms with Crippen LogP contribution in [0.2, 0.25) is 5.02 Å². The molecule has 0 unspecified atom stereocenters. The molecule has 0 aliphatic heterocycles. The summed E-state index contributed by atoms with van der Waals surface area (Å²) in [6, 6.07) is 12.8. The lowest BCUT2D eigenvalue weighted by Gasteiger charge is -2.28. The van der Waals surface area contributed by atoms with Crippen molar-refractivity contribution in [3.05, 3.63) is 69.2 Å². The molecule has 1 fully saturated rings. The first-order chi connectivity index (χ1) is 12.3. The first-order valence-electron chi connectivity index (χ1n) is 8.30. The fraction of sp³-hybridized carbons (Fsp3) is 0.333. The zero-order valence-corrected chi connectivity index (χ0v) is 15.8. The Labute approximate surface area is 157 Å². The van der Waals surface area contributed by atoms with E-state index in [4.69, 9.17) is 11.6 Å². The van der Waals surface area contributed by atoms with Gasteiger partial charge in [0, 0.05) is 18.7 Å². The fourth-order valence-corrected chi connectivity index (χ4v) is 4.84. The van der Waals surface area contributed by atoms with Crippen LogP contribution in [0.3, 0.4) is 0 Å². The first kappa shape index (κ1) is 18.8. The molecule has 0 heterocycles. The summed E-state index contributed by atoms with van der Waals surface area (Å²) in [5, 5.41) is 11.0. The van der Waals surface area contributed by atoms with Gasteiger partial charge in [0.15, 0.2) is 0 Å². The van der Waals surface area contributed by atoms with E-state index < -0.39 is 20.6 Å². The number of nitro benzene ring substituents is 1. The average molecular weight is 395 g/mol. The molecule has 8 heteroatoms. The Hall–Kier alpha value is -1.96. The van der Waals surface area contributed by atoms with Crippen LogP contribution in [-0.4, -0.2) is 23.7 Å². The van der Waals surface area contributed by atoms with Crippen LogP contribution in [0, 0.1) is 16.0 Å². The van der Waals surface area contributed by atoms with Gasteiger partial charge in [0.25, 0.3) is 5.69 Å². The summed E-state index contributed by atoms with van der Waals surface area (Å²) < 4.78 is 28.0. The van der Waals surface area contributed by atoms with Gasteiger partial charge in [0.05, 0.1) is 9.82 Å². The highest BCUT2D eigenvalue weighted by Gasteiger charge is 2.38. The second-order valence-corrected chi connectivity index (χ2v) is 8.78. The molecule has 0 aromatic heterocycles. The largest absolute Gasteiger partial charge is 0.289 e. The van der Waals surface area contributed by atoms with Crippen LogP contribution >= 0.6 is 11.6 Å². The number of hydrogen-bond acceptors (Lipinski definition) is 4. The molecule has 3 rings (SSSR count). The SMILES string of the molecule is C[C@H](C1CC1)N(Cc1ccccc1)S(=O)(=O)c1ccc(Cl)c([N+](=O)[O-])c1. The topological polar surface area (TPSA) is 80.5 Å². The van der Waals surface area contributed by atoms with E-state index in [1.807, 2.05) is 37.3 Å². The molecular formula is C18H19ClN2O4S. The fourth-order valence-electron chi connectivity index (χ4n) is 2.95. The summed E-state index contributed by atoms with van der Waals surface area (Å²) in [6.07, 6.45) is 1.98. The van der Waals surface area contributed by atoms with Crippen molar-refractivity contribution in [3.63, 3.8) is 0 Å². The normalized spacial score (nSPS) is 15.8. The van der Waals surface area contributed by atoms with Gasteiger partial charge in [0.1, 0.15) is 5.02 Å². The lowest BCUT2D eigenvalue weighted by molar-refractivity contribution is -0.384. The average Bonchev–Trinajstić information content (AvgIpc) is 3.45. The maximum Gasteiger partial charge on any atom is 0.289 e. The van der Waals surface area contributed by atoms with E-state index in [0.717, 1.165) is 24.5 Å². The first-order valence-corrected chi connectivity index (χ1v) is 10.1. The molecule has 0 bridgehead atoms. The molecule has 1 atom stereocenters. The van der Waals surface area contributed by atoms with Crippen LogP contribution in [0.25, 0.3) is 0 Å². The lowest BCUT2D eigenvalue weighted by Crippen LogP contribution is -2.39. The van der Waals surface area contributed by atoms with E-state index in [-0.39, 0.29) is 22.5 Å². The third kappa shape index (κ3) is 3.90. The van der Waals surface area contributed by atoms with Gasteiger partial charge in [-0.3, -0.25) is 10.1 Å². The van der Waals surface area contributed by atoms with E-state index in [9.17, 15) is 18.5 Å². The summed E-state index contributed by atoms with van der Waals surface area (Å²) in [4.78, 5) is 10.3. The van der Waals surface area contributed by atoms with Crippen molar-refractivity contribution >= 4 is 27.3 Å². The Morgan fingerprint density at radius 1 is 1.23 bits per heavy atom. The molecule has 0 radical (unpaired) electrons. The van der Waals surface area contributed by atoms with Gasteiger partial charge in [-0.05, 0) is 43.4 Å². The Morgan fingerprint density at radius 2 is 1.88 bits per heavy atom. The van der Waals surface area contributed by atoms with Crippen molar-refractivity contribution in [2.45, 2.75) is 37.2 Å². The standard InChI is InChI=1S/C18H19ClN2O4S/c1-13(15-7-8-15)20(12-14-5-3-2-4-6-14)26(24,25)16-9-10-17(19)18(11-16)21(22)23/h2-6,9-11,13,15H,7-8,12H2,1H3/t13-/m1/s1. The zero-order valence-electron chi connectivity index (χ0n) is 14.2. The molecule has 2 aromatic rings. The van der Waals surface area contributed by atoms with E-state index in [1.165, 1.54) is 16.4 Å². The highest BCUT2D eigenvalue weighted by molar-refractivity contribution is 7.89. The van der Waals surface area contributed by atoms with Crippen molar-refractivity contribution in [2.24, 2.45) is 5.92 Å². The van der Waals surface area contributed by atoms with Gasteiger partial charge in [-0.15, -0.1) is 0 Å².